The maximum absolute atomic E-state index is 13.3. The van der Waals surface area contributed by atoms with Crippen molar-refractivity contribution in [2.45, 2.75) is 6.54 Å². The van der Waals surface area contributed by atoms with Crippen LogP contribution in [0.25, 0.3) is 5.65 Å². The van der Waals surface area contributed by atoms with E-state index in [1.165, 1.54) is 12.1 Å². The number of benzene rings is 1. The summed E-state index contributed by atoms with van der Waals surface area (Å²) in [5.74, 6) is -0.699. The van der Waals surface area contributed by atoms with Crippen molar-refractivity contribution < 1.29 is 13.9 Å². The van der Waals surface area contributed by atoms with E-state index in [9.17, 15) is 9.18 Å². The van der Waals surface area contributed by atoms with Gasteiger partial charge in [-0.15, -0.1) is 0 Å². The van der Waals surface area contributed by atoms with Crippen LogP contribution in [-0.4, -0.2) is 33.2 Å². The molecule has 3 rings (SSSR count). The number of ether oxygens (including phenoxy) is 1. The van der Waals surface area contributed by atoms with Gasteiger partial charge in [-0.3, -0.25) is 4.79 Å². The van der Waals surface area contributed by atoms with Crippen LogP contribution in [0.1, 0.15) is 0 Å². The standard InChI is InChI=1S/C15H15FN4O2/c16-12-3-1-2-4-13(12)22-11-14(21)17-7-8-19-9-10-20-15(19)5-6-18-20/h1-6,9-10H,7-8,11H2,(H,17,21). The summed E-state index contributed by atoms with van der Waals surface area (Å²) >= 11 is 0. The Labute approximate surface area is 126 Å². The molecular formula is C15H15FN4O2. The van der Waals surface area contributed by atoms with Gasteiger partial charge in [-0.1, -0.05) is 12.1 Å². The maximum Gasteiger partial charge on any atom is 0.258 e. The number of nitrogens with zero attached hydrogens (tertiary/aromatic N) is 3. The number of hydrogen-bond acceptors (Lipinski definition) is 3. The van der Waals surface area contributed by atoms with E-state index >= 15 is 0 Å². The van der Waals surface area contributed by atoms with Crippen LogP contribution < -0.4 is 10.1 Å². The topological polar surface area (TPSA) is 60.6 Å². The highest BCUT2D eigenvalue weighted by molar-refractivity contribution is 5.77. The number of rotatable bonds is 6. The van der Waals surface area contributed by atoms with E-state index in [1.807, 2.05) is 23.0 Å². The predicted molar refractivity (Wildman–Crippen MR) is 78.1 cm³/mol. The average molecular weight is 302 g/mol. The summed E-state index contributed by atoms with van der Waals surface area (Å²) < 4.78 is 22.2. The second kappa shape index (κ2) is 6.30. The lowest BCUT2D eigenvalue weighted by Crippen LogP contribution is -2.31. The van der Waals surface area contributed by atoms with Gasteiger partial charge in [0.25, 0.3) is 5.91 Å². The zero-order valence-electron chi connectivity index (χ0n) is 11.8. The van der Waals surface area contributed by atoms with Gasteiger partial charge >= 0.3 is 0 Å². The Kier molecular flexibility index (Phi) is 4.04. The normalized spacial score (nSPS) is 10.8. The molecule has 0 radical (unpaired) electrons. The monoisotopic (exact) mass is 302 g/mol. The molecule has 114 valence electrons. The summed E-state index contributed by atoms with van der Waals surface area (Å²) in [6.45, 7) is 0.858. The molecule has 22 heavy (non-hydrogen) atoms. The first-order chi connectivity index (χ1) is 10.7. The first-order valence-corrected chi connectivity index (χ1v) is 6.86. The molecule has 1 N–H and O–H groups in total. The summed E-state index contributed by atoms with van der Waals surface area (Å²) in [5, 5.41) is 6.84. The molecule has 1 amide bonds. The predicted octanol–water partition coefficient (Wildman–Crippen LogP) is 1.47. The van der Waals surface area contributed by atoms with Crippen LogP contribution in [0.5, 0.6) is 5.75 Å². The number of imidazole rings is 1. The van der Waals surface area contributed by atoms with E-state index in [0.29, 0.717) is 13.1 Å². The molecule has 0 aliphatic heterocycles. The number of halogens is 1. The summed E-state index contributed by atoms with van der Waals surface area (Å²) in [7, 11) is 0. The third-order valence-corrected chi connectivity index (χ3v) is 3.20. The van der Waals surface area contributed by atoms with Gasteiger partial charge in [-0.2, -0.15) is 5.10 Å². The van der Waals surface area contributed by atoms with Crippen LogP contribution in [-0.2, 0) is 11.3 Å². The zero-order valence-corrected chi connectivity index (χ0v) is 11.8. The molecule has 0 aliphatic carbocycles. The molecule has 3 aromatic rings. The smallest absolute Gasteiger partial charge is 0.258 e. The van der Waals surface area contributed by atoms with Crippen molar-refractivity contribution in [2.24, 2.45) is 0 Å². The molecular weight excluding hydrogens is 287 g/mol. The van der Waals surface area contributed by atoms with Gasteiger partial charge in [0.1, 0.15) is 5.65 Å². The van der Waals surface area contributed by atoms with Gasteiger partial charge in [-0.05, 0) is 12.1 Å². The van der Waals surface area contributed by atoms with Crippen molar-refractivity contribution in [3.63, 3.8) is 0 Å². The Morgan fingerprint density at radius 1 is 1.27 bits per heavy atom. The summed E-state index contributed by atoms with van der Waals surface area (Å²) in [5.41, 5.74) is 0.955. The summed E-state index contributed by atoms with van der Waals surface area (Å²) in [4.78, 5) is 11.7. The van der Waals surface area contributed by atoms with E-state index in [4.69, 9.17) is 4.74 Å². The number of carbonyl (C=O) groups excluding carboxylic acids is 1. The highest BCUT2D eigenvalue weighted by Crippen LogP contribution is 2.14. The Balaban J connectivity index is 1.45. The lowest BCUT2D eigenvalue weighted by atomic mass is 10.3. The Hall–Kier alpha value is -2.83. The third-order valence-electron chi connectivity index (χ3n) is 3.20. The van der Waals surface area contributed by atoms with Crippen molar-refractivity contribution in [2.75, 3.05) is 13.2 Å². The number of amides is 1. The third kappa shape index (κ3) is 3.08. The molecule has 7 heteroatoms. The van der Waals surface area contributed by atoms with Crippen LogP contribution >= 0.6 is 0 Å². The van der Waals surface area contributed by atoms with Crippen molar-refractivity contribution in [1.29, 1.82) is 0 Å². The van der Waals surface area contributed by atoms with Crippen molar-refractivity contribution in [3.05, 3.63) is 54.7 Å². The summed E-state index contributed by atoms with van der Waals surface area (Å²) in [6, 6.07) is 7.88. The van der Waals surface area contributed by atoms with Crippen molar-refractivity contribution in [1.82, 2.24) is 19.5 Å². The molecule has 0 saturated carbocycles. The highest BCUT2D eigenvalue weighted by atomic mass is 19.1. The van der Waals surface area contributed by atoms with Crippen LogP contribution in [0.15, 0.2) is 48.9 Å². The first-order valence-electron chi connectivity index (χ1n) is 6.86. The molecule has 0 unspecified atom stereocenters. The maximum atomic E-state index is 13.3. The number of hydrogen-bond donors (Lipinski definition) is 1. The quantitative estimate of drug-likeness (QED) is 0.750. The highest BCUT2D eigenvalue weighted by Gasteiger charge is 2.06. The van der Waals surface area contributed by atoms with E-state index in [0.717, 1.165) is 5.65 Å². The Morgan fingerprint density at radius 2 is 2.14 bits per heavy atom. The van der Waals surface area contributed by atoms with E-state index in [2.05, 4.69) is 10.4 Å². The Bertz CT molecular complexity index is 781. The average Bonchev–Trinajstić information content (AvgIpc) is 3.11. The molecule has 6 nitrogen and oxygen atoms in total. The fourth-order valence-electron chi connectivity index (χ4n) is 2.13. The van der Waals surface area contributed by atoms with Gasteiger partial charge < -0.3 is 14.6 Å². The van der Waals surface area contributed by atoms with Crippen LogP contribution in [0, 0.1) is 5.82 Å². The summed E-state index contributed by atoms with van der Waals surface area (Å²) in [6.07, 6.45) is 5.45. The second-order valence-corrected chi connectivity index (χ2v) is 4.69. The van der Waals surface area contributed by atoms with Gasteiger partial charge in [-0.25, -0.2) is 8.91 Å². The lowest BCUT2D eigenvalue weighted by molar-refractivity contribution is -0.123. The molecule has 2 heterocycles. The largest absolute Gasteiger partial charge is 0.481 e. The SMILES string of the molecule is O=C(COc1ccccc1F)NCCn1ccn2nccc12. The lowest BCUT2D eigenvalue weighted by Gasteiger charge is -2.08. The number of para-hydroxylation sites is 1. The molecule has 2 aromatic heterocycles. The van der Waals surface area contributed by atoms with Crippen LogP contribution in [0.4, 0.5) is 4.39 Å². The molecule has 0 fully saturated rings. The van der Waals surface area contributed by atoms with E-state index in [1.54, 1.807) is 22.8 Å². The first kappa shape index (κ1) is 14.1. The van der Waals surface area contributed by atoms with E-state index in [-0.39, 0.29) is 18.3 Å². The van der Waals surface area contributed by atoms with Gasteiger partial charge in [0, 0.05) is 31.5 Å². The van der Waals surface area contributed by atoms with Crippen molar-refractivity contribution in [3.8, 4) is 5.75 Å². The Morgan fingerprint density at radius 3 is 3.00 bits per heavy atom. The minimum absolute atomic E-state index is 0.0732. The number of fused-ring (bicyclic) bond motifs is 1. The minimum atomic E-state index is -0.481. The molecule has 0 bridgehead atoms. The second-order valence-electron chi connectivity index (χ2n) is 4.69. The zero-order chi connectivity index (χ0) is 15.4. The molecule has 0 spiro atoms. The molecule has 1 aromatic carbocycles. The molecule has 0 saturated heterocycles. The van der Waals surface area contributed by atoms with Gasteiger partial charge in [0.15, 0.2) is 18.2 Å². The van der Waals surface area contributed by atoms with Crippen LogP contribution in [0.3, 0.4) is 0 Å². The minimum Gasteiger partial charge on any atom is -0.481 e. The van der Waals surface area contributed by atoms with Gasteiger partial charge in [0.05, 0.1) is 6.20 Å². The fourth-order valence-corrected chi connectivity index (χ4v) is 2.13. The van der Waals surface area contributed by atoms with Crippen LogP contribution in [0.2, 0.25) is 0 Å². The number of aromatic nitrogens is 3. The number of carbonyl (C=O) groups is 1. The number of nitrogens with one attached hydrogen (secondary N) is 1. The molecule has 0 aliphatic rings. The fraction of sp³-hybridized carbons (Fsp3) is 0.200. The van der Waals surface area contributed by atoms with E-state index < -0.39 is 5.82 Å². The van der Waals surface area contributed by atoms with Crippen molar-refractivity contribution >= 4 is 11.6 Å². The molecule has 0 atom stereocenters. The van der Waals surface area contributed by atoms with Gasteiger partial charge in [0.2, 0.25) is 0 Å².